The number of carbonyl (C=O) groups is 3. The van der Waals surface area contributed by atoms with Crippen LogP contribution in [0.15, 0.2) is 135 Å². The number of carboxylic acids is 2. The Balaban J connectivity index is 0.999. The van der Waals surface area contributed by atoms with Crippen LogP contribution in [-0.4, -0.2) is 69.5 Å². The quantitative estimate of drug-likeness (QED) is 0.0201. The molecule has 0 bridgehead atoms. The molecule has 0 radical (unpaired) electrons. The zero-order valence-corrected chi connectivity index (χ0v) is 41.2. The van der Waals surface area contributed by atoms with Crippen LogP contribution in [-0.2, 0) is 32.3 Å². The first kappa shape index (κ1) is 49.8. The van der Waals surface area contributed by atoms with E-state index in [0.717, 1.165) is 23.9 Å². The number of aryl methyl sites for hydroxylation is 1. The van der Waals surface area contributed by atoms with Crippen LogP contribution >= 0.6 is 0 Å². The molecule has 0 saturated carbocycles. The lowest BCUT2D eigenvalue weighted by molar-refractivity contribution is -0.441. The minimum absolute atomic E-state index is 0.0862. The van der Waals surface area contributed by atoms with E-state index in [0.29, 0.717) is 48.0 Å². The van der Waals surface area contributed by atoms with Gasteiger partial charge in [-0.1, -0.05) is 68.0 Å². The first-order chi connectivity index (χ1) is 33.6. The molecule has 4 aromatic carbocycles. The maximum absolute atomic E-state index is 13.4. The number of phenolic OH excluding ortho intramolecular Hbond substituents is 1. The average Bonchev–Trinajstić information content (AvgIpc) is 3.66. The van der Waals surface area contributed by atoms with E-state index in [1.165, 1.54) is 71.0 Å². The second-order valence-corrected chi connectivity index (χ2v) is 20.4. The van der Waals surface area contributed by atoms with E-state index in [-0.39, 0.29) is 68.5 Å². The number of aromatic carboxylic acids is 2. The predicted octanol–water partition coefficient (Wildman–Crippen LogP) is 10.3. The lowest BCUT2D eigenvalue weighted by Gasteiger charge is -2.25. The highest BCUT2D eigenvalue weighted by Crippen LogP contribution is 2.49. The predicted molar refractivity (Wildman–Crippen MR) is 273 cm³/mol. The molecular formula is C56H56N3O11S+. The van der Waals surface area contributed by atoms with E-state index in [2.05, 4.69) is 62.2 Å². The van der Waals surface area contributed by atoms with Crippen molar-refractivity contribution in [1.29, 1.82) is 0 Å². The van der Waals surface area contributed by atoms with Crippen molar-refractivity contribution in [3.63, 3.8) is 0 Å². The number of amides is 1. The van der Waals surface area contributed by atoms with Crippen LogP contribution in [0, 0.1) is 6.92 Å². The average molecular weight is 979 g/mol. The fourth-order valence-electron chi connectivity index (χ4n) is 10.1. The molecule has 0 saturated heterocycles. The van der Waals surface area contributed by atoms with Crippen LogP contribution in [0.5, 0.6) is 5.75 Å². The van der Waals surface area contributed by atoms with Crippen LogP contribution < -0.4 is 15.6 Å². The largest absolute Gasteiger partial charge is 0.507 e. The third kappa shape index (κ3) is 9.42. The number of rotatable bonds is 16. The van der Waals surface area contributed by atoms with Gasteiger partial charge in [0.2, 0.25) is 11.6 Å². The molecular weight excluding hydrogens is 923 g/mol. The molecule has 0 fully saturated rings. The number of hydrogen-bond donors (Lipinski definition) is 5. The maximum Gasteiger partial charge on any atom is 0.336 e. The SMILES string of the molecule is CCN1/C(=C/C=C/C=C/C2=[N+](CCCCCC(=O)NCc3c(O)ccc4c(-c5ccc(C(=O)O)cc5C(=O)O)c5ccc(=O)cc-5oc34)c3c(cccc3S(=O)(=O)O)C2(C)C)C(C)(C)c2cc(C)ccc21. The van der Waals surface area contributed by atoms with E-state index >= 15 is 0 Å². The van der Waals surface area contributed by atoms with Crippen LogP contribution in [0.25, 0.3) is 33.4 Å². The fourth-order valence-corrected chi connectivity index (χ4v) is 10.9. The van der Waals surface area contributed by atoms with Crippen molar-refractivity contribution < 1.29 is 51.7 Å². The fraction of sp³-hybridized carbons (Fsp3) is 0.268. The van der Waals surface area contributed by atoms with E-state index in [9.17, 15) is 47.5 Å². The third-order valence-corrected chi connectivity index (χ3v) is 14.6. The van der Waals surface area contributed by atoms with Gasteiger partial charge in [0.1, 0.15) is 23.6 Å². The molecule has 4 aliphatic rings. The summed E-state index contributed by atoms with van der Waals surface area (Å²) >= 11 is 0. The number of nitrogens with one attached hydrogen (secondary N) is 1. The summed E-state index contributed by atoms with van der Waals surface area (Å²) in [5.41, 5.74) is 6.28. The Labute approximate surface area is 411 Å². The number of allylic oxidation sites excluding steroid dienone is 6. The monoisotopic (exact) mass is 978 g/mol. The molecule has 3 heterocycles. The molecule has 5 N–H and O–H groups in total. The van der Waals surface area contributed by atoms with E-state index < -0.39 is 32.9 Å². The molecule has 8 rings (SSSR count). The molecule has 3 aliphatic heterocycles. The van der Waals surface area contributed by atoms with Crippen LogP contribution in [0.3, 0.4) is 0 Å². The number of para-hydroxylation sites is 1. The summed E-state index contributed by atoms with van der Waals surface area (Å²) in [6.45, 7) is 13.8. The Kier molecular flexibility index (Phi) is 13.5. The number of hydrogen-bond acceptors (Lipinski definition) is 9. The second-order valence-electron chi connectivity index (χ2n) is 19.0. The third-order valence-electron chi connectivity index (χ3n) is 13.7. The number of carboxylic acid groups (broad SMARTS) is 2. The van der Waals surface area contributed by atoms with Gasteiger partial charge >= 0.3 is 22.1 Å². The normalized spacial score (nSPS) is 15.6. The highest BCUT2D eigenvalue weighted by Gasteiger charge is 2.47. The van der Waals surface area contributed by atoms with E-state index in [1.807, 2.05) is 48.8 Å². The molecule has 14 nitrogen and oxygen atoms in total. The molecule has 1 amide bonds. The lowest BCUT2D eigenvalue weighted by Crippen LogP contribution is -2.28. The summed E-state index contributed by atoms with van der Waals surface area (Å²) in [6, 6.07) is 22.1. The van der Waals surface area contributed by atoms with Gasteiger partial charge < -0.3 is 30.0 Å². The van der Waals surface area contributed by atoms with E-state index in [4.69, 9.17) is 4.42 Å². The Hall–Kier alpha value is -7.62. The molecule has 0 spiro atoms. The molecule has 0 unspecified atom stereocenters. The Morgan fingerprint density at radius 2 is 1.59 bits per heavy atom. The van der Waals surface area contributed by atoms with Crippen LogP contribution in [0.1, 0.15) is 103 Å². The minimum atomic E-state index is -4.59. The zero-order chi connectivity index (χ0) is 51.2. The standard InChI is InChI=1S/C56H55N3O11S/c1-7-58-43-26-20-33(2)29-42(43)56(5,6)47(58)17-10-8-11-18-48-55(3,4)41-15-14-16-46(71(67,68)69)51(41)59(48)28-13-9-12-19-49(62)57-32-40-44(61)27-25-38-50(37-24-22-35(60)31-45(37)70-52(38)40)36-23-21-34(53(63)64)30-39(36)54(65)66/h8,10-11,14-18,20-27,29-31H,7,9,12-13,19,28,32H2,1-6H3,(H4-,57,60,61,62,63,64,65,66,67,68,69)/p+1. The van der Waals surface area contributed by atoms with Crippen LogP contribution in [0.4, 0.5) is 11.4 Å². The van der Waals surface area contributed by atoms with Gasteiger partial charge in [0.15, 0.2) is 16.0 Å². The molecule has 4 aromatic rings. The molecule has 1 aliphatic carbocycles. The second kappa shape index (κ2) is 19.3. The first-order valence-corrected chi connectivity index (χ1v) is 24.9. The minimum Gasteiger partial charge on any atom is -0.507 e. The van der Waals surface area contributed by atoms with Crippen molar-refractivity contribution in [2.45, 2.75) is 89.5 Å². The Bertz CT molecular complexity index is 3450. The highest BCUT2D eigenvalue weighted by molar-refractivity contribution is 7.86. The van der Waals surface area contributed by atoms with Crippen molar-refractivity contribution in [2.24, 2.45) is 0 Å². The lowest BCUT2D eigenvalue weighted by atomic mass is 9.81. The van der Waals surface area contributed by atoms with Crippen molar-refractivity contribution in [3.05, 3.63) is 165 Å². The smallest absolute Gasteiger partial charge is 0.336 e. The van der Waals surface area contributed by atoms with Crippen LogP contribution in [0.2, 0.25) is 0 Å². The van der Waals surface area contributed by atoms with Gasteiger partial charge in [-0.15, -0.1) is 0 Å². The number of benzene rings is 5. The van der Waals surface area contributed by atoms with Gasteiger partial charge in [-0.05, 0) is 106 Å². The molecule has 0 aromatic heterocycles. The molecule has 0 atom stereocenters. The Morgan fingerprint density at radius 3 is 2.31 bits per heavy atom. The van der Waals surface area contributed by atoms with Crippen molar-refractivity contribution >= 4 is 56.0 Å². The summed E-state index contributed by atoms with van der Waals surface area (Å²) in [6.07, 6.45) is 11.8. The number of aromatic hydroxyl groups is 1. The topological polar surface area (TPSA) is 215 Å². The summed E-state index contributed by atoms with van der Waals surface area (Å²) in [5.74, 6) is -3.16. The summed E-state index contributed by atoms with van der Waals surface area (Å²) in [7, 11) is -4.59. The summed E-state index contributed by atoms with van der Waals surface area (Å²) < 4.78 is 44.1. The zero-order valence-electron chi connectivity index (χ0n) is 40.4. The number of anilines is 1. The first-order valence-electron chi connectivity index (χ1n) is 23.4. The Morgan fingerprint density at radius 1 is 0.831 bits per heavy atom. The van der Waals surface area contributed by atoms with Crippen molar-refractivity contribution in [3.8, 4) is 28.2 Å². The van der Waals surface area contributed by atoms with Crippen molar-refractivity contribution in [1.82, 2.24) is 5.32 Å². The number of phenols is 1. The van der Waals surface area contributed by atoms with Gasteiger partial charge in [-0.3, -0.25) is 14.1 Å². The van der Waals surface area contributed by atoms with Gasteiger partial charge in [0.25, 0.3) is 0 Å². The highest BCUT2D eigenvalue weighted by atomic mass is 32.2. The molecule has 366 valence electrons. The molecule has 71 heavy (non-hydrogen) atoms. The van der Waals surface area contributed by atoms with Gasteiger partial charge in [0.05, 0.1) is 28.7 Å². The number of nitrogens with zero attached hydrogens (tertiary/aromatic N) is 2. The van der Waals surface area contributed by atoms with Gasteiger partial charge in [-0.25, -0.2) is 9.59 Å². The number of fused-ring (bicyclic) bond motifs is 4. The summed E-state index contributed by atoms with van der Waals surface area (Å²) in [5, 5.41) is 34.0. The van der Waals surface area contributed by atoms with Gasteiger partial charge in [-0.2, -0.15) is 13.0 Å². The number of likely N-dealkylation sites (N-methyl/N-ethyl adjacent to an activating group) is 1. The molecule has 15 heteroatoms. The number of carbonyl (C=O) groups excluding carboxylic acids is 1. The van der Waals surface area contributed by atoms with Crippen molar-refractivity contribution in [2.75, 3.05) is 18.0 Å². The van der Waals surface area contributed by atoms with E-state index in [1.54, 1.807) is 6.07 Å². The summed E-state index contributed by atoms with van der Waals surface area (Å²) in [4.78, 5) is 52.3. The maximum atomic E-state index is 13.4. The number of unbranched alkanes of at least 4 members (excludes halogenated alkanes) is 2. The van der Waals surface area contributed by atoms with Gasteiger partial charge in [0, 0.05) is 70.4 Å².